The van der Waals surface area contributed by atoms with Gasteiger partial charge in [-0.1, -0.05) is 108 Å². The molecule has 0 spiro atoms. The van der Waals surface area contributed by atoms with Crippen LogP contribution in [0.15, 0.2) is 144 Å². The summed E-state index contributed by atoms with van der Waals surface area (Å²) in [4.78, 5) is 2.69. The van der Waals surface area contributed by atoms with Crippen molar-refractivity contribution in [2.75, 3.05) is 4.81 Å². The third-order valence-electron chi connectivity index (χ3n) is 14.1. The summed E-state index contributed by atoms with van der Waals surface area (Å²) in [5.41, 5.74) is 16.2. The molecule has 0 unspecified atom stereocenters. The Kier molecular flexibility index (Phi) is 6.70. The van der Waals surface area contributed by atoms with E-state index in [0.29, 0.717) is 0 Å². The zero-order valence-electron chi connectivity index (χ0n) is 35.5. The van der Waals surface area contributed by atoms with Gasteiger partial charge in [-0.3, -0.25) is 0 Å². The number of benzene rings is 8. The molecule has 14 rings (SSSR count). The molecule has 62 heavy (non-hydrogen) atoms. The largest absolute Gasteiger partial charge is 0.456 e. The van der Waals surface area contributed by atoms with E-state index in [1.165, 1.54) is 118 Å². The average molecular weight is 833 g/mol. The van der Waals surface area contributed by atoms with Crippen LogP contribution in [0.3, 0.4) is 0 Å². The normalized spacial score (nSPS) is 13.9. The summed E-state index contributed by atoms with van der Waals surface area (Å²) in [6.07, 6.45) is 0. The average Bonchev–Trinajstić information content (AvgIpc) is 4.02. The molecule has 6 heterocycles. The number of nitrogens with zero attached hydrogens (tertiary/aromatic N) is 2. The zero-order chi connectivity index (χ0) is 41.6. The molecule has 6 heteroatoms. The van der Waals surface area contributed by atoms with Crippen molar-refractivity contribution in [2.45, 2.75) is 52.4 Å². The van der Waals surface area contributed by atoms with Crippen LogP contribution in [0, 0.1) is 0 Å². The highest BCUT2D eigenvalue weighted by Crippen LogP contribution is 2.51. The van der Waals surface area contributed by atoms with Gasteiger partial charge in [-0.25, -0.2) is 0 Å². The predicted molar refractivity (Wildman–Crippen MR) is 270 cm³/mol. The molecular formula is C56H41BN2OS2. The van der Waals surface area contributed by atoms with Crippen LogP contribution in [0.5, 0.6) is 0 Å². The number of anilines is 2. The molecule has 2 aliphatic heterocycles. The fraction of sp³-hybridized carbons (Fsp3) is 0.143. The van der Waals surface area contributed by atoms with Crippen molar-refractivity contribution in [1.82, 2.24) is 4.57 Å². The van der Waals surface area contributed by atoms with E-state index in [9.17, 15) is 0 Å². The highest BCUT2D eigenvalue weighted by atomic mass is 32.1. The maximum atomic E-state index is 6.58. The first-order valence-corrected chi connectivity index (χ1v) is 23.4. The summed E-state index contributed by atoms with van der Waals surface area (Å²) in [6, 6.07) is 53.5. The Hall–Kier alpha value is -6.34. The summed E-state index contributed by atoms with van der Waals surface area (Å²) in [6.45, 7) is 13.8. The number of hydrogen-bond donors (Lipinski definition) is 0. The van der Waals surface area contributed by atoms with Crippen molar-refractivity contribution < 1.29 is 4.42 Å². The van der Waals surface area contributed by atoms with E-state index in [1.54, 1.807) is 0 Å². The van der Waals surface area contributed by atoms with Crippen LogP contribution in [-0.2, 0) is 10.8 Å². The summed E-state index contributed by atoms with van der Waals surface area (Å²) in [5, 5.41) is 10.2. The van der Waals surface area contributed by atoms with Crippen LogP contribution in [0.1, 0.15) is 52.7 Å². The molecule has 0 aliphatic carbocycles. The van der Waals surface area contributed by atoms with Gasteiger partial charge in [-0.15, -0.1) is 22.7 Å². The van der Waals surface area contributed by atoms with Gasteiger partial charge in [-0.2, -0.15) is 0 Å². The maximum absolute atomic E-state index is 6.58. The van der Waals surface area contributed by atoms with E-state index < -0.39 is 0 Å². The number of para-hydroxylation sites is 1. The Morgan fingerprint density at radius 2 is 1.18 bits per heavy atom. The predicted octanol–water partition coefficient (Wildman–Crippen LogP) is 15.3. The summed E-state index contributed by atoms with van der Waals surface area (Å²) >= 11 is 3.83. The van der Waals surface area contributed by atoms with Crippen LogP contribution in [0.2, 0.25) is 0 Å². The Labute approximate surface area is 367 Å². The third kappa shape index (κ3) is 4.56. The summed E-state index contributed by atoms with van der Waals surface area (Å²) in [7, 11) is 0. The van der Waals surface area contributed by atoms with Gasteiger partial charge in [0.15, 0.2) is 0 Å². The van der Waals surface area contributed by atoms with Gasteiger partial charge in [0.05, 0.1) is 11.0 Å². The smallest absolute Gasteiger partial charge is 0.333 e. The van der Waals surface area contributed by atoms with E-state index in [2.05, 4.69) is 190 Å². The van der Waals surface area contributed by atoms with Crippen LogP contribution in [0.25, 0.3) is 101 Å². The minimum Gasteiger partial charge on any atom is -0.456 e. The van der Waals surface area contributed by atoms with E-state index >= 15 is 0 Å². The van der Waals surface area contributed by atoms with Crippen molar-refractivity contribution in [2.24, 2.45) is 0 Å². The van der Waals surface area contributed by atoms with E-state index in [1.807, 2.05) is 22.7 Å². The highest BCUT2D eigenvalue weighted by molar-refractivity contribution is 7.26. The lowest BCUT2D eigenvalue weighted by Gasteiger charge is -2.42. The highest BCUT2D eigenvalue weighted by Gasteiger charge is 2.45. The van der Waals surface area contributed by atoms with Crippen molar-refractivity contribution in [1.29, 1.82) is 0 Å². The van der Waals surface area contributed by atoms with Crippen molar-refractivity contribution in [3.63, 3.8) is 0 Å². The summed E-state index contributed by atoms with van der Waals surface area (Å²) in [5.74, 6) is 0. The van der Waals surface area contributed by atoms with Gasteiger partial charge in [0.1, 0.15) is 11.2 Å². The first kappa shape index (κ1) is 35.3. The van der Waals surface area contributed by atoms with E-state index in [-0.39, 0.29) is 17.7 Å². The standard InChI is InChI=1S/C56H41BN2OS2/c1-55(2,3)30-15-18-32(19-16-30)59-43-29-50-39(38-25-31(56(4,5)6)17-24-48(38)62-50)26-37(43)34-20-21-36-51-42(22-23-46-52(51)35-12-7-9-13-45(35)60-46)58-44-27-40-33-11-8-10-14-47(33)61-49(40)28-41(44)57(59)53(34)54(36)58/h7-29H,1-6H3. The van der Waals surface area contributed by atoms with Gasteiger partial charge in [0.25, 0.3) is 0 Å². The van der Waals surface area contributed by atoms with Crippen molar-refractivity contribution >= 4 is 136 Å². The van der Waals surface area contributed by atoms with Crippen LogP contribution in [0.4, 0.5) is 11.4 Å². The van der Waals surface area contributed by atoms with Crippen molar-refractivity contribution in [3.8, 4) is 16.8 Å². The second kappa shape index (κ2) is 11.8. The molecule has 2 aliphatic rings. The molecule has 8 aromatic carbocycles. The van der Waals surface area contributed by atoms with Gasteiger partial charge in [0.2, 0.25) is 0 Å². The lowest BCUT2D eigenvalue weighted by atomic mass is 9.44. The van der Waals surface area contributed by atoms with Crippen LogP contribution < -0.4 is 15.7 Å². The molecule has 0 atom stereocenters. The topological polar surface area (TPSA) is 21.3 Å². The Morgan fingerprint density at radius 1 is 0.484 bits per heavy atom. The quantitative estimate of drug-likeness (QED) is 0.154. The number of rotatable bonds is 1. The van der Waals surface area contributed by atoms with E-state index in [4.69, 9.17) is 4.42 Å². The first-order chi connectivity index (χ1) is 30.0. The van der Waals surface area contributed by atoms with Gasteiger partial charge < -0.3 is 13.8 Å². The monoisotopic (exact) mass is 832 g/mol. The van der Waals surface area contributed by atoms with Gasteiger partial charge >= 0.3 is 6.85 Å². The molecule has 0 radical (unpaired) electrons. The fourth-order valence-electron chi connectivity index (χ4n) is 11.1. The zero-order valence-corrected chi connectivity index (χ0v) is 37.1. The Bertz CT molecular complexity index is 3960. The second-order valence-electron chi connectivity index (χ2n) is 19.7. The van der Waals surface area contributed by atoms with Gasteiger partial charge in [0, 0.05) is 84.5 Å². The van der Waals surface area contributed by atoms with Crippen LogP contribution >= 0.6 is 22.7 Å². The first-order valence-electron chi connectivity index (χ1n) is 21.8. The Balaban J connectivity index is 1.17. The fourth-order valence-corrected chi connectivity index (χ4v) is 13.3. The molecule has 4 aromatic heterocycles. The molecule has 0 amide bonds. The van der Waals surface area contributed by atoms with Gasteiger partial charge in [-0.05, 0) is 111 Å². The lowest BCUT2D eigenvalue weighted by molar-refractivity contribution is 0.590. The van der Waals surface area contributed by atoms with Crippen molar-refractivity contribution in [3.05, 3.63) is 151 Å². The SMILES string of the molecule is CC(C)(C)c1ccc(N2B3c4cc5sc6ccccc6c5cc4-n4c5ccc6oc7ccccc7c6c5c5ccc(c3c54)-c3cc4c(cc32)sc2ccc(C(C)(C)C)cc24)cc1. The molecule has 0 saturated heterocycles. The number of hydrogen-bond acceptors (Lipinski definition) is 4. The molecule has 0 N–H and O–H groups in total. The third-order valence-corrected chi connectivity index (χ3v) is 16.3. The van der Waals surface area contributed by atoms with E-state index in [0.717, 1.165) is 16.6 Å². The molecule has 0 fully saturated rings. The number of thiophene rings is 2. The lowest BCUT2D eigenvalue weighted by Crippen LogP contribution is -2.60. The molecule has 12 aromatic rings. The molecular weight excluding hydrogens is 792 g/mol. The number of fused-ring (bicyclic) bond motifs is 18. The number of furan rings is 1. The maximum Gasteiger partial charge on any atom is 0.333 e. The minimum absolute atomic E-state index is 0.0417. The number of aromatic nitrogens is 1. The van der Waals surface area contributed by atoms with Crippen LogP contribution in [-0.4, -0.2) is 11.4 Å². The molecule has 3 nitrogen and oxygen atoms in total. The minimum atomic E-state index is -0.0704. The second-order valence-corrected chi connectivity index (χ2v) is 21.9. The molecule has 0 saturated carbocycles. The Morgan fingerprint density at radius 3 is 1.98 bits per heavy atom. The molecule has 296 valence electrons. The molecule has 0 bridgehead atoms. The summed E-state index contributed by atoms with van der Waals surface area (Å²) < 4.78 is 14.5.